The minimum absolute atomic E-state index is 0.0335. The minimum Gasteiger partial charge on any atom is -0.294 e. The van der Waals surface area contributed by atoms with E-state index in [2.05, 4.69) is 15.9 Å². The number of rotatable bonds is 3. The van der Waals surface area contributed by atoms with Gasteiger partial charge in [-0.05, 0) is 58.2 Å². The molecular weight excluding hydrogens is 314 g/mol. The molecule has 0 aliphatic heterocycles. The summed E-state index contributed by atoms with van der Waals surface area (Å²) in [6.45, 7) is 1.72. The van der Waals surface area contributed by atoms with Crippen molar-refractivity contribution in [1.82, 2.24) is 0 Å². The number of ketones is 1. The SMILES string of the molecule is Cc1cc(F)ccc1CC(=O)c1c(F)cccc1Br. The maximum absolute atomic E-state index is 13.7. The molecule has 2 rings (SSSR count). The molecule has 0 aliphatic rings. The van der Waals surface area contributed by atoms with Crippen molar-refractivity contribution < 1.29 is 13.6 Å². The standard InChI is InChI=1S/C15H11BrF2O/c1-9-7-11(17)6-5-10(9)8-14(19)15-12(16)3-2-4-13(15)18/h2-7H,8H2,1H3. The van der Waals surface area contributed by atoms with Crippen LogP contribution in [0.4, 0.5) is 8.78 Å². The van der Waals surface area contributed by atoms with E-state index in [0.29, 0.717) is 15.6 Å². The van der Waals surface area contributed by atoms with Crippen LogP contribution in [-0.2, 0) is 6.42 Å². The quantitative estimate of drug-likeness (QED) is 0.762. The van der Waals surface area contributed by atoms with Crippen LogP contribution in [0.3, 0.4) is 0 Å². The predicted octanol–water partition coefficient (Wildman–Crippen LogP) is 4.46. The molecule has 0 aliphatic carbocycles. The molecule has 19 heavy (non-hydrogen) atoms. The first-order chi connectivity index (χ1) is 8.99. The Bertz CT molecular complexity index is 618. The molecule has 0 spiro atoms. The lowest BCUT2D eigenvalue weighted by Crippen LogP contribution is -2.08. The zero-order chi connectivity index (χ0) is 14.0. The van der Waals surface area contributed by atoms with Crippen molar-refractivity contribution in [3.63, 3.8) is 0 Å². The maximum atomic E-state index is 13.7. The lowest BCUT2D eigenvalue weighted by atomic mass is 9.99. The van der Waals surface area contributed by atoms with Crippen molar-refractivity contribution in [2.75, 3.05) is 0 Å². The Morgan fingerprint density at radius 1 is 1.21 bits per heavy atom. The highest BCUT2D eigenvalue weighted by Gasteiger charge is 2.16. The Hall–Kier alpha value is -1.55. The van der Waals surface area contributed by atoms with Gasteiger partial charge in [-0.15, -0.1) is 0 Å². The molecule has 0 saturated heterocycles. The number of carbonyl (C=O) groups is 1. The fraction of sp³-hybridized carbons (Fsp3) is 0.133. The molecule has 1 nitrogen and oxygen atoms in total. The molecule has 0 radical (unpaired) electrons. The van der Waals surface area contributed by atoms with Crippen molar-refractivity contribution in [3.8, 4) is 0 Å². The van der Waals surface area contributed by atoms with Crippen LogP contribution in [0.1, 0.15) is 21.5 Å². The fourth-order valence-electron chi connectivity index (χ4n) is 1.88. The summed E-state index contributed by atoms with van der Waals surface area (Å²) in [7, 11) is 0. The van der Waals surface area contributed by atoms with Gasteiger partial charge >= 0.3 is 0 Å². The van der Waals surface area contributed by atoms with E-state index in [4.69, 9.17) is 0 Å². The lowest BCUT2D eigenvalue weighted by Gasteiger charge is -2.07. The Morgan fingerprint density at radius 2 is 1.95 bits per heavy atom. The third kappa shape index (κ3) is 3.07. The molecule has 0 fully saturated rings. The van der Waals surface area contributed by atoms with E-state index in [0.717, 1.165) is 0 Å². The third-order valence-corrected chi connectivity index (χ3v) is 3.56. The van der Waals surface area contributed by atoms with E-state index in [9.17, 15) is 13.6 Å². The highest BCUT2D eigenvalue weighted by atomic mass is 79.9. The topological polar surface area (TPSA) is 17.1 Å². The number of hydrogen-bond acceptors (Lipinski definition) is 1. The van der Waals surface area contributed by atoms with Crippen LogP contribution in [0, 0.1) is 18.6 Å². The van der Waals surface area contributed by atoms with Gasteiger partial charge in [0.25, 0.3) is 0 Å². The first kappa shape index (κ1) is 13.9. The van der Waals surface area contributed by atoms with E-state index < -0.39 is 5.82 Å². The van der Waals surface area contributed by atoms with Crippen molar-refractivity contribution in [2.24, 2.45) is 0 Å². The zero-order valence-corrected chi connectivity index (χ0v) is 11.8. The van der Waals surface area contributed by atoms with E-state index in [1.807, 2.05) is 0 Å². The average molecular weight is 325 g/mol. The van der Waals surface area contributed by atoms with Crippen LogP contribution in [-0.4, -0.2) is 5.78 Å². The monoisotopic (exact) mass is 324 g/mol. The maximum Gasteiger partial charge on any atom is 0.171 e. The van der Waals surface area contributed by atoms with Gasteiger partial charge < -0.3 is 0 Å². The number of Topliss-reactive ketones (excluding diaryl/α,β-unsaturated/α-hetero) is 1. The van der Waals surface area contributed by atoms with Crippen LogP contribution in [0.25, 0.3) is 0 Å². The molecule has 0 aromatic heterocycles. The van der Waals surface area contributed by atoms with Gasteiger partial charge in [-0.2, -0.15) is 0 Å². The van der Waals surface area contributed by atoms with Gasteiger partial charge in [0.05, 0.1) is 5.56 Å². The number of hydrogen-bond donors (Lipinski definition) is 0. The molecule has 0 bridgehead atoms. The van der Waals surface area contributed by atoms with Crippen LogP contribution in [0.2, 0.25) is 0 Å². The summed E-state index contributed by atoms with van der Waals surface area (Å²) < 4.78 is 27.1. The smallest absolute Gasteiger partial charge is 0.171 e. The van der Waals surface area contributed by atoms with Crippen LogP contribution in [0.5, 0.6) is 0 Å². The summed E-state index contributed by atoms with van der Waals surface area (Å²) in [6.07, 6.45) is 0.0473. The molecule has 0 amide bonds. The van der Waals surface area contributed by atoms with Gasteiger partial charge in [0.1, 0.15) is 11.6 Å². The second kappa shape index (κ2) is 5.61. The molecular formula is C15H11BrF2O. The summed E-state index contributed by atoms with van der Waals surface area (Å²) in [4.78, 5) is 12.1. The Balaban J connectivity index is 2.31. The summed E-state index contributed by atoms with van der Waals surface area (Å²) in [5.74, 6) is -1.24. The summed E-state index contributed by atoms with van der Waals surface area (Å²) in [5, 5.41) is 0. The molecule has 4 heteroatoms. The molecule has 0 atom stereocenters. The Morgan fingerprint density at radius 3 is 2.58 bits per heavy atom. The van der Waals surface area contributed by atoms with Crippen molar-refractivity contribution in [1.29, 1.82) is 0 Å². The van der Waals surface area contributed by atoms with Gasteiger partial charge in [0.15, 0.2) is 5.78 Å². The average Bonchev–Trinajstić information content (AvgIpc) is 2.32. The summed E-state index contributed by atoms with van der Waals surface area (Å²) in [6, 6.07) is 8.60. The van der Waals surface area contributed by atoms with Crippen LogP contribution >= 0.6 is 15.9 Å². The molecule has 0 heterocycles. The first-order valence-electron chi connectivity index (χ1n) is 5.71. The van der Waals surface area contributed by atoms with Gasteiger partial charge in [-0.1, -0.05) is 12.1 Å². The second-order valence-corrected chi connectivity index (χ2v) is 5.12. The number of aryl methyl sites for hydroxylation is 1. The third-order valence-electron chi connectivity index (χ3n) is 2.90. The largest absolute Gasteiger partial charge is 0.294 e. The van der Waals surface area contributed by atoms with Crippen molar-refractivity contribution in [3.05, 3.63) is 69.2 Å². The van der Waals surface area contributed by atoms with Crippen LogP contribution < -0.4 is 0 Å². The first-order valence-corrected chi connectivity index (χ1v) is 6.50. The zero-order valence-electron chi connectivity index (χ0n) is 10.2. The van der Waals surface area contributed by atoms with Gasteiger partial charge in [0, 0.05) is 10.9 Å². The van der Waals surface area contributed by atoms with Gasteiger partial charge in [0.2, 0.25) is 0 Å². The minimum atomic E-state index is -0.556. The van der Waals surface area contributed by atoms with E-state index in [1.54, 1.807) is 19.1 Å². The van der Waals surface area contributed by atoms with E-state index in [1.165, 1.54) is 24.3 Å². The molecule has 98 valence electrons. The molecule has 0 N–H and O–H groups in total. The predicted molar refractivity (Wildman–Crippen MR) is 73.3 cm³/mol. The molecule has 0 unspecified atom stereocenters. The lowest BCUT2D eigenvalue weighted by molar-refractivity contribution is 0.0988. The number of halogens is 3. The number of carbonyl (C=O) groups excluding carboxylic acids is 1. The Labute approximate surface area is 118 Å². The fourth-order valence-corrected chi connectivity index (χ4v) is 2.45. The molecule has 2 aromatic carbocycles. The van der Waals surface area contributed by atoms with E-state index >= 15 is 0 Å². The second-order valence-electron chi connectivity index (χ2n) is 4.27. The van der Waals surface area contributed by atoms with Gasteiger partial charge in [-0.3, -0.25) is 4.79 Å². The highest BCUT2D eigenvalue weighted by molar-refractivity contribution is 9.10. The molecule has 0 saturated carbocycles. The Kier molecular flexibility index (Phi) is 4.10. The normalized spacial score (nSPS) is 10.5. The van der Waals surface area contributed by atoms with Crippen LogP contribution in [0.15, 0.2) is 40.9 Å². The highest BCUT2D eigenvalue weighted by Crippen LogP contribution is 2.22. The summed E-state index contributed by atoms with van der Waals surface area (Å²) in [5.41, 5.74) is 1.41. The van der Waals surface area contributed by atoms with E-state index in [-0.39, 0.29) is 23.6 Å². The summed E-state index contributed by atoms with van der Waals surface area (Å²) >= 11 is 3.17. The van der Waals surface area contributed by atoms with Gasteiger partial charge in [-0.25, -0.2) is 8.78 Å². The molecule has 2 aromatic rings. The number of benzene rings is 2. The van der Waals surface area contributed by atoms with Crippen molar-refractivity contribution in [2.45, 2.75) is 13.3 Å². The van der Waals surface area contributed by atoms with Crippen molar-refractivity contribution >= 4 is 21.7 Å².